The number of H-pyrrole nitrogens is 1. The molecule has 198 valence electrons. The summed E-state index contributed by atoms with van der Waals surface area (Å²) in [5.74, 6) is 0.611. The predicted molar refractivity (Wildman–Crippen MR) is 152 cm³/mol. The molecule has 0 radical (unpaired) electrons. The fraction of sp³-hybridized carbons (Fsp3) is 0.290. The van der Waals surface area contributed by atoms with Crippen molar-refractivity contribution in [3.05, 3.63) is 95.7 Å². The van der Waals surface area contributed by atoms with Crippen LogP contribution in [0.5, 0.6) is 5.75 Å². The van der Waals surface area contributed by atoms with Gasteiger partial charge < -0.3 is 24.8 Å². The topological polar surface area (TPSA) is 77.7 Å². The fourth-order valence-electron chi connectivity index (χ4n) is 4.56. The molecule has 0 aliphatic rings. The van der Waals surface area contributed by atoms with Crippen LogP contribution in [-0.2, 0) is 17.8 Å². The van der Waals surface area contributed by atoms with E-state index in [4.69, 9.17) is 4.74 Å². The number of aryl methyl sites for hydroxylation is 1. The van der Waals surface area contributed by atoms with Crippen LogP contribution < -0.4 is 10.1 Å². The van der Waals surface area contributed by atoms with Gasteiger partial charge in [0.05, 0.1) is 7.11 Å². The molecule has 7 nitrogen and oxygen atoms in total. The molecule has 2 N–H and O–H groups in total. The van der Waals surface area contributed by atoms with Crippen LogP contribution in [0.1, 0.15) is 30.5 Å². The minimum Gasteiger partial charge on any atom is -0.496 e. The molecule has 0 unspecified atom stereocenters. The van der Waals surface area contributed by atoms with E-state index in [9.17, 15) is 9.59 Å². The van der Waals surface area contributed by atoms with Crippen molar-refractivity contribution in [2.24, 2.45) is 0 Å². The predicted octanol–water partition coefficient (Wildman–Crippen LogP) is 6.00. The van der Waals surface area contributed by atoms with Crippen LogP contribution in [0.15, 0.2) is 79.0 Å². The first-order chi connectivity index (χ1) is 18.4. The van der Waals surface area contributed by atoms with Gasteiger partial charge in [0.1, 0.15) is 12.3 Å². The Balaban J connectivity index is 1.54. The Labute approximate surface area is 224 Å². The van der Waals surface area contributed by atoms with Crippen molar-refractivity contribution in [2.45, 2.75) is 39.8 Å². The lowest BCUT2D eigenvalue weighted by atomic mass is 10.1. The number of hydrogen-bond donors (Lipinski definition) is 2. The van der Waals surface area contributed by atoms with E-state index >= 15 is 0 Å². The number of fused-ring (bicyclic) bond motifs is 1. The van der Waals surface area contributed by atoms with Gasteiger partial charge in [-0.2, -0.15) is 0 Å². The molecule has 0 saturated carbocycles. The number of urea groups is 1. The summed E-state index contributed by atoms with van der Waals surface area (Å²) in [5, 5.41) is 4.12. The summed E-state index contributed by atoms with van der Waals surface area (Å²) in [6.07, 6.45) is 2.69. The molecule has 0 fully saturated rings. The van der Waals surface area contributed by atoms with Crippen molar-refractivity contribution in [3.8, 4) is 5.75 Å². The van der Waals surface area contributed by atoms with E-state index < -0.39 is 0 Å². The molecule has 0 aliphatic heterocycles. The molecule has 3 amide bonds. The summed E-state index contributed by atoms with van der Waals surface area (Å²) in [6, 6.07) is 23.0. The first-order valence-electron chi connectivity index (χ1n) is 12.9. The van der Waals surface area contributed by atoms with E-state index in [2.05, 4.69) is 16.4 Å². The number of para-hydroxylation sites is 3. The minimum atomic E-state index is -0.295. The zero-order valence-corrected chi connectivity index (χ0v) is 22.5. The normalized spacial score (nSPS) is 11.0. The number of carbonyl (C=O) groups excluding carboxylic acids is 2. The average Bonchev–Trinajstić information content (AvgIpc) is 3.33. The molecule has 3 aromatic carbocycles. The highest BCUT2D eigenvalue weighted by atomic mass is 16.5. The molecular weight excluding hydrogens is 476 g/mol. The summed E-state index contributed by atoms with van der Waals surface area (Å²) in [5.41, 5.74) is 4.84. The molecule has 0 atom stereocenters. The molecule has 4 rings (SSSR count). The summed E-state index contributed by atoms with van der Waals surface area (Å²) in [7, 11) is 1.63. The van der Waals surface area contributed by atoms with Crippen LogP contribution in [0.2, 0.25) is 0 Å². The SMILES string of the molecule is COc1ccccc1CN(CCc1c[nH]c2ccccc12)C(=O)CN(C(=O)Nc1ccccc1C)C(C)C. The first kappa shape index (κ1) is 26.8. The van der Waals surface area contributed by atoms with E-state index in [0.717, 1.165) is 39.0 Å². The van der Waals surface area contributed by atoms with Gasteiger partial charge in [0.2, 0.25) is 5.91 Å². The van der Waals surface area contributed by atoms with E-state index in [1.54, 1.807) is 12.0 Å². The lowest BCUT2D eigenvalue weighted by molar-refractivity contribution is -0.132. The Morgan fingerprint density at radius 2 is 1.66 bits per heavy atom. The van der Waals surface area contributed by atoms with Crippen molar-refractivity contribution in [2.75, 3.05) is 25.5 Å². The van der Waals surface area contributed by atoms with Gasteiger partial charge >= 0.3 is 6.03 Å². The number of aromatic amines is 1. The van der Waals surface area contributed by atoms with Crippen LogP contribution in [0.3, 0.4) is 0 Å². The maximum Gasteiger partial charge on any atom is 0.322 e. The van der Waals surface area contributed by atoms with E-state index in [-0.39, 0.29) is 24.5 Å². The summed E-state index contributed by atoms with van der Waals surface area (Å²) in [6.45, 7) is 6.64. The van der Waals surface area contributed by atoms with Gasteiger partial charge in [-0.3, -0.25) is 4.79 Å². The summed E-state index contributed by atoms with van der Waals surface area (Å²) >= 11 is 0. The third-order valence-corrected chi connectivity index (χ3v) is 6.81. The molecule has 0 saturated heterocycles. The first-order valence-corrected chi connectivity index (χ1v) is 12.9. The van der Waals surface area contributed by atoms with Crippen molar-refractivity contribution in [3.63, 3.8) is 0 Å². The number of rotatable bonds is 10. The summed E-state index contributed by atoms with van der Waals surface area (Å²) < 4.78 is 5.55. The second kappa shape index (κ2) is 12.3. The van der Waals surface area contributed by atoms with Gasteiger partial charge in [0, 0.05) is 47.5 Å². The zero-order chi connectivity index (χ0) is 27.1. The lowest BCUT2D eigenvalue weighted by Gasteiger charge is -2.30. The second-order valence-corrected chi connectivity index (χ2v) is 9.70. The zero-order valence-electron chi connectivity index (χ0n) is 22.5. The smallest absolute Gasteiger partial charge is 0.322 e. The number of nitrogens with zero attached hydrogens (tertiary/aromatic N) is 2. The Bertz CT molecular complexity index is 1390. The highest BCUT2D eigenvalue weighted by molar-refractivity contribution is 5.93. The van der Waals surface area contributed by atoms with Crippen LogP contribution >= 0.6 is 0 Å². The number of benzene rings is 3. The number of nitrogens with one attached hydrogen (secondary N) is 2. The fourth-order valence-corrected chi connectivity index (χ4v) is 4.56. The van der Waals surface area contributed by atoms with E-state index in [0.29, 0.717) is 19.5 Å². The molecule has 1 aromatic heterocycles. The van der Waals surface area contributed by atoms with Gasteiger partial charge in [0.25, 0.3) is 0 Å². The van der Waals surface area contributed by atoms with Gasteiger partial charge in [-0.15, -0.1) is 0 Å². The molecule has 4 aromatic rings. The molecule has 7 heteroatoms. The minimum absolute atomic E-state index is 0.0294. The van der Waals surface area contributed by atoms with Gasteiger partial charge in [0.15, 0.2) is 0 Å². The molecule has 0 bridgehead atoms. The summed E-state index contributed by atoms with van der Waals surface area (Å²) in [4.78, 5) is 33.7. The monoisotopic (exact) mass is 512 g/mol. The third-order valence-electron chi connectivity index (χ3n) is 6.81. The maximum atomic E-state index is 13.8. The Morgan fingerprint density at radius 3 is 2.42 bits per heavy atom. The molecular formula is C31H36N4O3. The lowest BCUT2D eigenvalue weighted by Crippen LogP contribution is -2.47. The third kappa shape index (κ3) is 6.35. The molecule has 1 heterocycles. The maximum absolute atomic E-state index is 13.8. The van der Waals surface area contributed by atoms with Crippen LogP contribution in [0.25, 0.3) is 10.9 Å². The molecule has 0 aliphatic carbocycles. The largest absolute Gasteiger partial charge is 0.496 e. The average molecular weight is 513 g/mol. The van der Waals surface area contributed by atoms with Crippen molar-refractivity contribution in [1.82, 2.24) is 14.8 Å². The molecule has 0 spiro atoms. The van der Waals surface area contributed by atoms with Crippen LogP contribution in [0, 0.1) is 6.92 Å². The van der Waals surface area contributed by atoms with Crippen LogP contribution in [0.4, 0.5) is 10.5 Å². The van der Waals surface area contributed by atoms with Crippen LogP contribution in [-0.4, -0.2) is 53.0 Å². The number of amides is 3. The van der Waals surface area contributed by atoms with Gasteiger partial charge in [-0.05, 0) is 56.5 Å². The number of aromatic nitrogens is 1. The quantitative estimate of drug-likeness (QED) is 0.274. The number of hydrogen-bond acceptors (Lipinski definition) is 3. The highest BCUT2D eigenvalue weighted by Crippen LogP contribution is 2.22. The van der Waals surface area contributed by atoms with E-state index in [1.165, 1.54) is 0 Å². The molecule has 38 heavy (non-hydrogen) atoms. The Kier molecular flexibility index (Phi) is 8.69. The standard InChI is InChI=1S/C31H36N4O3/c1-22(2)35(31(37)33-27-14-8-5-11-23(27)3)21-30(36)34(20-25-12-6-10-16-29(25)38-4)18-17-24-19-32-28-15-9-7-13-26(24)28/h5-16,19,22,32H,17-18,20-21H2,1-4H3,(H,33,37). The van der Waals surface area contributed by atoms with Gasteiger partial charge in [-0.25, -0.2) is 4.79 Å². The van der Waals surface area contributed by atoms with Crippen molar-refractivity contribution in [1.29, 1.82) is 0 Å². The number of carbonyl (C=O) groups is 2. The number of anilines is 1. The Hall–Kier alpha value is -4.26. The van der Waals surface area contributed by atoms with Gasteiger partial charge in [-0.1, -0.05) is 54.6 Å². The highest BCUT2D eigenvalue weighted by Gasteiger charge is 2.25. The van der Waals surface area contributed by atoms with E-state index in [1.807, 2.05) is 98.6 Å². The van der Waals surface area contributed by atoms with Crippen molar-refractivity contribution >= 4 is 28.5 Å². The second-order valence-electron chi connectivity index (χ2n) is 9.70. The number of methoxy groups -OCH3 is 1. The number of ether oxygens (including phenoxy) is 1. The van der Waals surface area contributed by atoms with Crippen molar-refractivity contribution < 1.29 is 14.3 Å². The Morgan fingerprint density at radius 1 is 0.947 bits per heavy atom.